The van der Waals surface area contributed by atoms with Crippen molar-refractivity contribution < 1.29 is 19.0 Å². The maximum Gasteiger partial charge on any atom is 0.436 e. The SMILES string of the molecule is NC1=NC(=O)OC12COCCOC2. The minimum absolute atomic E-state index is 0.138. The Kier molecular flexibility index (Phi) is 1.93. The summed E-state index contributed by atoms with van der Waals surface area (Å²) in [5.41, 5.74) is 4.57. The topological polar surface area (TPSA) is 83.1 Å². The molecule has 0 aromatic rings. The molecule has 0 saturated carbocycles. The van der Waals surface area contributed by atoms with Gasteiger partial charge in [-0.3, -0.25) is 0 Å². The fourth-order valence-electron chi connectivity index (χ4n) is 1.28. The Balaban J connectivity index is 2.19. The lowest BCUT2D eigenvalue weighted by Gasteiger charge is -2.23. The number of nitrogens with two attached hydrogens (primary N) is 1. The third-order valence-corrected chi connectivity index (χ3v) is 2.00. The zero-order valence-corrected chi connectivity index (χ0v) is 6.99. The Hall–Kier alpha value is -1.14. The molecule has 1 fully saturated rings. The number of ether oxygens (including phenoxy) is 3. The van der Waals surface area contributed by atoms with Crippen LogP contribution in [0, 0.1) is 0 Å². The molecule has 0 bridgehead atoms. The van der Waals surface area contributed by atoms with Gasteiger partial charge in [-0.05, 0) is 0 Å². The first kappa shape index (κ1) is 8.46. The van der Waals surface area contributed by atoms with Crippen LogP contribution in [0.5, 0.6) is 0 Å². The van der Waals surface area contributed by atoms with Crippen LogP contribution in [0.1, 0.15) is 0 Å². The van der Waals surface area contributed by atoms with E-state index in [9.17, 15) is 4.79 Å². The number of hydrogen-bond acceptors (Lipinski definition) is 5. The molecule has 0 radical (unpaired) electrons. The Morgan fingerprint density at radius 2 is 1.92 bits per heavy atom. The highest BCUT2D eigenvalue weighted by atomic mass is 16.6. The number of amidine groups is 1. The lowest BCUT2D eigenvalue weighted by atomic mass is 10.1. The second-order valence-electron chi connectivity index (χ2n) is 2.96. The number of carbonyl (C=O) groups excluding carboxylic acids is 1. The molecule has 13 heavy (non-hydrogen) atoms. The largest absolute Gasteiger partial charge is 0.436 e. The molecule has 2 N–H and O–H groups in total. The van der Waals surface area contributed by atoms with Crippen LogP contribution < -0.4 is 5.73 Å². The van der Waals surface area contributed by atoms with Gasteiger partial charge < -0.3 is 19.9 Å². The van der Waals surface area contributed by atoms with Crippen LogP contribution in [-0.2, 0) is 14.2 Å². The summed E-state index contributed by atoms with van der Waals surface area (Å²) in [6, 6.07) is 0. The molecule has 2 heterocycles. The number of hydrogen-bond donors (Lipinski definition) is 1. The Labute approximate surface area is 74.7 Å². The lowest BCUT2D eigenvalue weighted by Crippen LogP contribution is -2.49. The van der Waals surface area contributed by atoms with Crippen molar-refractivity contribution in [2.24, 2.45) is 10.7 Å². The van der Waals surface area contributed by atoms with Crippen LogP contribution in [0.15, 0.2) is 4.99 Å². The van der Waals surface area contributed by atoms with Gasteiger partial charge in [0.1, 0.15) is 0 Å². The smallest absolute Gasteiger partial charge is 0.428 e. The fourth-order valence-corrected chi connectivity index (χ4v) is 1.28. The minimum Gasteiger partial charge on any atom is -0.428 e. The Morgan fingerprint density at radius 1 is 1.31 bits per heavy atom. The maximum atomic E-state index is 10.8. The van der Waals surface area contributed by atoms with E-state index in [1.54, 1.807) is 0 Å². The third kappa shape index (κ3) is 1.38. The summed E-state index contributed by atoms with van der Waals surface area (Å²) in [6.45, 7) is 1.39. The monoisotopic (exact) mass is 186 g/mol. The van der Waals surface area contributed by atoms with E-state index in [2.05, 4.69) is 4.99 Å². The van der Waals surface area contributed by atoms with Gasteiger partial charge in [-0.1, -0.05) is 0 Å². The van der Waals surface area contributed by atoms with Crippen molar-refractivity contribution in [3.63, 3.8) is 0 Å². The van der Waals surface area contributed by atoms with E-state index in [4.69, 9.17) is 19.9 Å². The molecule has 0 aromatic carbocycles. The first-order chi connectivity index (χ1) is 6.23. The zero-order valence-electron chi connectivity index (χ0n) is 6.99. The molecular weight excluding hydrogens is 176 g/mol. The van der Waals surface area contributed by atoms with Crippen LogP contribution in [0.25, 0.3) is 0 Å². The van der Waals surface area contributed by atoms with Gasteiger partial charge in [-0.25, -0.2) is 4.79 Å². The van der Waals surface area contributed by atoms with Crippen LogP contribution in [0.4, 0.5) is 4.79 Å². The maximum absolute atomic E-state index is 10.8. The molecule has 1 spiro atoms. The summed E-state index contributed by atoms with van der Waals surface area (Å²) in [5, 5.41) is 0. The summed E-state index contributed by atoms with van der Waals surface area (Å²) in [5.74, 6) is 0.138. The molecule has 1 amide bonds. The van der Waals surface area contributed by atoms with Gasteiger partial charge in [0.2, 0.25) is 5.60 Å². The summed E-state index contributed by atoms with van der Waals surface area (Å²) in [6.07, 6.45) is -0.674. The van der Waals surface area contributed by atoms with Gasteiger partial charge in [-0.2, -0.15) is 4.99 Å². The Bertz CT molecular complexity index is 255. The summed E-state index contributed by atoms with van der Waals surface area (Å²) < 4.78 is 15.3. The predicted octanol–water partition coefficient (Wildman–Crippen LogP) is -0.721. The van der Waals surface area contributed by atoms with Crippen molar-refractivity contribution in [1.82, 2.24) is 0 Å². The molecular formula is C7H10N2O4. The van der Waals surface area contributed by atoms with E-state index in [1.807, 2.05) is 0 Å². The molecule has 2 aliphatic heterocycles. The normalized spacial score (nSPS) is 26.8. The standard InChI is InChI=1S/C7H10N2O4/c8-5-7(13-6(10)9-5)3-11-1-2-12-4-7/h1-4H2,(H2,8,9,10). The molecule has 0 aliphatic carbocycles. The van der Waals surface area contributed by atoms with Crippen LogP contribution in [-0.4, -0.2) is 44.0 Å². The van der Waals surface area contributed by atoms with E-state index in [-0.39, 0.29) is 19.0 Å². The van der Waals surface area contributed by atoms with Gasteiger partial charge in [0.15, 0.2) is 5.84 Å². The van der Waals surface area contributed by atoms with E-state index < -0.39 is 11.7 Å². The second-order valence-corrected chi connectivity index (χ2v) is 2.96. The molecule has 72 valence electrons. The van der Waals surface area contributed by atoms with Crippen molar-refractivity contribution in [2.75, 3.05) is 26.4 Å². The summed E-state index contributed by atoms with van der Waals surface area (Å²) >= 11 is 0. The average Bonchev–Trinajstić information content (AvgIpc) is 2.29. The highest BCUT2D eigenvalue weighted by Gasteiger charge is 2.45. The lowest BCUT2D eigenvalue weighted by molar-refractivity contribution is -0.00556. The fraction of sp³-hybridized carbons (Fsp3) is 0.714. The van der Waals surface area contributed by atoms with Crippen LogP contribution >= 0.6 is 0 Å². The van der Waals surface area contributed by atoms with Crippen molar-refractivity contribution in [1.29, 1.82) is 0 Å². The molecule has 0 atom stereocenters. The van der Waals surface area contributed by atoms with Gasteiger partial charge in [0.25, 0.3) is 0 Å². The number of amides is 1. The van der Waals surface area contributed by atoms with Gasteiger partial charge >= 0.3 is 6.09 Å². The average molecular weight is 186 g/mol. The van der Waals surface area contributed by atoms with E-state index >= 15 is 0 Å². The minimum atomic E-state index is -0.979. The highest BCUT2D eigenvalue weighted by molar-refractivity contribution is 6.02. The number of aliphatic imine (C=N–C) groups is 1. The van der Waals surface area contributed by atoms with E-state index in [1.165, 1.54) is 0 Å². The number of carbonyl (C=O) groups is 1. The quantitative estimate of drug-likeness (QED) is 0.539. The Morgan fingerprint density at radius 3 is 2.38 bits per heavy atom. The third-order valence-electron chi connectivity index (χ3n) is 2.00. The first-order valence-electron chi connectivity index (χ1n) is 3.96. The highest BCUT2D eigenvalue weighted by Crippen LogP contribution is 2.21. The van der Waals surface area contributed by atoms with E-state index in [0.717, 1.165) is 0 Å². The summed E-state index contributed by atoms with van der Waals surface area (Å²) in [4.78, 5) is 14.3. The molecule has 6 heteroatoms. The van der Waals surface area contributed by atoms with Crippen molar-refractivity contribution in [2.45, 2.75) is 5.60 Å². The predicted molar refractivity (Wildman–Crippen MR) is 42.5 cm³/mol. The molecule has 0 aromatic heterocycles. The van der Waals surface area contributed by atoms with Crippen LogP contribution in [0.2, 0.25) is 0 Å². The van der Waals surface area contributed by atoms with Crippen molar-refractivity contribution >= 4 is 11.9 Å². The molecule has 2 rings (SSSR count). The van der Waals surface area contributed by atoms with Gasteiger partial charge in [0, 0.05) is 0 Å². The molecule has 0 unspecified atom stereocenters. The van der Waals surface area contributed by atoms with Crippen LogP contribution in [0.3, 0.4) is 0 Å². The van der Waals surface area contributed by atoms with Gasteiger partial charge in [0.05, 0.1) is 26.4 Å². The molecule has 1 saturated heterocycles. The second kappa shape index (κ2) is 2.97. The van der Waals surface area contributed by atoms with Crippen molar-refractivity contribution in [3.8, 4) is 0 Å². The molecule has 2 aliphatic rings. The number of rotatable bonds is 0. The first-order valence-corrected chi connectivity index (χ1v) is 3.96. The van der Waals surface area contributed by atoms with Crippen molar-refractivity contribution in [3.05, 3.63) is 0 Å². The molecule has 6 nitrogen and oxygen atoms in total. The van der Waals surface area contributed by atoms with E-state index in [0.29, 0.717) is 13.2 Å². The number of nitrogens with zero attached hydrogens (tertiary/aromatic N) is 1. The van der Waals surface area contributed by atoms with Gasteiger partial charge in [-0.15, -0.1) is 0 Å². The zero-order chi connectivity index (χ0) is 9.31. The summed E-state index contributed by atoms with van der Waals surface area (Å²) in [7, 11) is 0.